The minimum Gasteiger partial charge on any atom is -0.337 e. The van der Waals surface area contributed by atoms with Crippen molar-refractivity contribution < 1.29 is 4.79 Å². The second-order valence-corrected chi connectivity index (χ2v) is 6.29. The standard InChI is InChI=1S/C13H14ClN3OS/c1-9-2-12(19-8-9)13(18)16-4-10(5-16)6-17-7-11(14)3-15-17/h2-3,7-8,10H,4-6H2,1H3. The molecule has 0 spiro atoms. The Hall–Kier alpha value is -1.33. The van der Waals surface area contributed by atoms with Crippen molar-refractivity contribution in [3.8, 4) is 0 Å². The number of aryl methyl sites for hydroxylation is 1. The van der Waals surface area contributed by atoms with Crippen LogP contribution >= 0.6 is 22.9 Å². The van der Waals surface area contributed by atoms with Gasteiger partial charge in [-0.1, -0.05) is 11.6 Å². The molecular weight excluding hydrogens is 282 g/mol. The fraction of sp³-hybridized carbons (Fsp3) is 0.385. The summed E-state index contributed by atoms with van der Waals surface area (Å²) in [6, 6.07) is 1.95. The van der Waals surface area contributed by atoms with E-state index in [1.807, 2.05) is 34.1 Å². The molecule has 1 amide bonds. The molecule has 100 valence electrons. The summed E-state index contributed by atoms with van der Waals surface area (Å²) in [5.41, 5.74) is 1.15. The molecule has 2 aromatic rings. The normalized spacial score (nSPS) is 15.6. The highest BCUT2D eigenvalue weighted by atomic mass is 35.5. The van der Waals surface area contributed by atoms with Crippen LogP contribution in [0.5, 0.6) is 0 Å². The van der Waals surface area contributed by atoms with E-state index in [1.165, 1.54) is 11.3 Å². The highest BCUT2D eigenvalue weighted by Gasteiger charge is 2.32. The lowest BCUT2D eigenvalue weighted by molar-refractivity contribution is 0.0466. The molecule has 0 bridgehead atoms. The predicted octanol–water partition coefficient (Wildman–Crippen LogP) is 2.68. The molecule has 0 aromatic carbocycles. The van der Waals surface area contributed by atoms with Crippen molar-refractivity contribution in [1.82, 2.24) is 14.7 Å². The summed E-state index contributed by atoms with van der Waals surface area (Å²) >= 11 is 7.34. The number of hydrogen-bond acceptors (Lipinski definition) is 3. The van der Waals surface area contributed by atoms with Gasteiger partial charge in [-0.2, -0.15) is 5.10 Å². The molecule has 1 aliphatic rings. The summed E-state index contributed by atoms with van der Waals surface area (Å²) in [5.74, 6) is 0.619. The summed E-state index contributed by atoms with van der Waals surface area (Å²) in [6.45, 7) is 4.42. The van der Waals surface area contributed by atoms with Crippen LogP contribution in [-0.2, 0) is 6.54 Å². The van der Waals surface area contributed by atoms with Crippen LogP contribution in [0.4, 0.5) is 0 Å². The zero-order chi connectivity index (χ0) is 13.4. The van der Waals surface area contributed by atoms with E-state index < -0.39 is 0 Å². The Labute approximate surface area is 120 Å². The van der Waals surface area contributed by atoms with Gasteiger partial charge in [-0.15, -0.1) is 11.3 Å². The molecule has 0 N–H and O–H groups in total. The van der Waals surface area contributed by atoms with Crippen LogP contribution in [0.1, 0.15) is 15.2 Å². The summed E-state index contributed by atoms with van der Waals surface area (Å²) in [5, 5.41) is 6.82. The highest BCUT2D eigenvalue weighted by Crippen LogP contribution is 2.23. The average Bonchev–Trinajstić information content (AvgIpc) is 2.91. The Morgan fingerprint density at radius 1 is 1.58 bits per heavy atom. The first kappa shape index (κ1) is 12.7. The number of halogens is 1. The summed E-state index contributed by atoms with van der Waals surface area (Å²) in [6.07, 6.45) is 3.45. The molecule has 2 aromatic heterocycles. The van der Waals surface area contributed by atoms with Gasteiger partial charge in [0.25, 0.3) is 5.91 Å². The van der Waals surface area contributed by atoms with Gasteiger partial charge in [-0.05, 0) is 23.9 Å². The molecule has 4 nitrogen and oxygen atoms in total. The van der Waals surface area contributed by atoms with E-state index in [0.717, 1.165) is 30.1 Å². The Bertz CT molecular complexity index is 601. The number of carbonyl (C=O) groups excluding carboxylic acids is 1. The van der Waals surface area contributed by atoms with E-state index in [9.17, 15) is 4.79 Å². The Morgan fingerprint density at radius 2 is 2.37 bits per heavy atom. The number of rotatable bonds is 3. The van der Waals surface area contributed by atoms with Gasteiger partial charge in [0, 0.05) is 31.7 Å². The third-order valence-electron chi connectivity index (χ3n) is 3.23. The second kappa shape index (κ2) is 4.98. The molecule has 6 heteroatoms. The summed E-state index contributed by atoms with van der Waals surface area (Å²) in [7, 11) is 0. The van der Waals surface area contributed by atoms with Crippen molar-refractivity contribution >= 4 is 28.8 Å². The fourth-order valence-corrected chi connectivity index (χ4v) is 3.27. The molecule has 0 unspecified atom stereocenters. The Balaban J connectivity index is 1.54. The number of thiophene rings is 1. The smallest absolute Gasteiger partial charge is 0.263 e. The molecule has 1 fully saturated rings. The largest absolute Gasteiger partial charge is 0.337 e. The molecule has 1 saturated heterocycles. The van der Waals surface area contributed by atoms with Gasteiger partial charge in [0.2, 0.25) is 0 Å². The third kappa shape index (κ3) is 2.67. The van der Waals surface area contributed by atoms with Crippen molar-refractivity contribution in [3.05, 3.63) is 39.3 Å². The van der Waals surface area contributed by atoms with Gasteiger partial charge in [-0.3, -0.25) is 9.48 Å². The van der Waals surface area contributed by atoms with E-state index >= 15 is 0 Å². The number of hydrogen-bond donors (Lipinski definition) is 0. The quantitative estimate of drug-likeness (QED) is 0.873. The van der Waals surface area contributed by atoms with Gasteiger partial charge in [0.15, 0.2) is 0 Å². The van der Waals surface area contributed by atoms with Crippen LogP contribution in [-0.4, -0.2) is 33.7 Å². The van der Waals surface area contributed by atoms with E-state index in [2.05, 4.69) is 5.10 Å². The van der Waals surface area contributed by atoms with Crippen molar-refractivity contribution in [2.24, 2.45) is 5.92 Å². The van der Waals surface area contributed by atoms with E-state index in [1.54, 1.807) is 6.20 Å². The first-order chi connectivity index (χ1) is 9.11. The van der Waals surface area contributed by atoms with Crippen molar-refractivity contribution in [2.75, 3.05) is 13.1 Å². The minimum absolute atomic E-state index is 0.146. The molecular formula is C13H14ClN3OS. The second-order valence-electron chi connectivity index (χ2n) is 4.95. The topological polar surface area (TPSA) is 38.1 Å². The van der Waals surface area contributed by atoms with Crippen LogP contribution in [0.15, 0.2) is 23.8 Å². The van der Waals surface area contributed by atoms with Crippen molar-refractivity contribution in [3.63, 3.8) is 0 Å². The molecule has 3 heterocycles. The molecule has 1 aliphatic heterocycles. The first-order valence-corrected chi connectivity index (χ1v) is 7.40. The number of carbonyl (C=O) groups is 1. The lowest BCUT2D eigenvalue weighted by Crippen LogP contribution is -2.51. The van der Waals surface area contributed by atoms with Gasteiger partial charge in [0.1, 0.15) is 0 Å². The third-order valence-corrected chi connectivity index (χ3v) is 4.46. The fourth-order valence-electron chi connectivity index (χ4n) is 2.25. The summed E-state index contributed by atoms with van der Waals surface area (Å²) in [4.78, 5) is 14.9. The molecule has 3 rings (SSSR count). The zero-order valence-corrected chi connectivity index (χ0v) is 12.1. The van der Waals surface area contributed by atoms with E-state index in [-0.39, 0.29) is 5.91 Å². The number of likely N-dealkylation sites (tertiary alicyclic amines) is 1. The maximum atomic E-state index is 12.1. The SMILES string of the molecule is Cc1csc(C(=O)N2CC(Cn3cc(Cl)cn3)C2)c1. The zero-order valence-electron chi connectivity index (χ0n) is 10.5. The van der Waals surface area contributed by atoms with Gasteiger partial charge in [0.05, 0.1) is 16.1 Å². The number of nitrogens with zero attached hydrogens (tertiary/aromatic N) is 3. The Kier molecular flexibility index (Phi) is 3.33. The van der Waals surface area contributed by atoms with Crippen molar-refractivity contribution in [1.29, 1.82) is 0 Å². The minimum atomic E-state index is 0.146. The monoisotopic (exact) mass is 295 g/mol. The molecule has 0 aliphatic carbocycles. The van der Waals surface area contributed by atoms with Crippen LogP contribution in [0.3, 0.4) is 0 Å². The van der Waals surface area contributed by atoms with Crippen LogP contribution < -0.4 is 0 Å². The number of amides is 1. The number of aromatic nitrogens is 2. The van der Waals surface area contributed by atoms with Gasteiger partial charge in [-0.25, -0.2) is 0 Å². The van der Waals surface area contributed by atoms with Gasteiger partial charge < -0.3 is 4.90 Å². The molecule has 19 heavy (non-hydrogen) atoms. The maximum absolute atomic E-state index is 12.1. The van der Waals surface area contributed by atoms with Crippen LogP contribution in [0.2, 0.25) is 5.02 Å². The van der Waals surface area contributed by atoms with E-state index in [0.29, 0.717) is 10.9 Å². The maximum Gasteiger partial charge on any atom is 0.263 e. The van der Waals surface area contributed by atoms with Crippen LogP contribution in [0.25, 0.3) is 0 Å². The summed E-state index contributed by atoms with van der Waals surface area (Å²) < 4.78 is 1.84. The molecule has 0 radical (unpaired) electrons. The average molecular weight is 296 g/mol. The first-order valence-electron chi connectivity index (χ1n) is 6.14. The van der Waals surface area contributed by atoms with E-state index in [4.69, 9.17) is 11.6 Å². The highest BCUT2D eigenvalue weighted by molar-refractivity contribution is 7.12. The molecule has 0 atom stereocenters. The van der Waals surface area contributed by atoms with Crippen LogP contribution in [0, 0.1) is 12.8 Å². The predicted molar refractivity (Wildman–Crippen MR) is 75.7 cm³/mol. The lowest BCUT2D eigenvalue weighted by Gasteiger charge is -2.38. The van der Waals surface area contributed by atoms with Gasteiger partial charge >= 0.3 is 0 Å². The van der Waals surface area contributed by atoms with Crippen molar-refractivity contribution in [2.45, 2.75) is 13.5 Å². The lowest BCUT2D eigenvalue weighted by atomic mass is 10.00. The Morgan fingerprint density at radius 3 is 2.95 bits per heavy atom. The molecule has 0 saturated carbocycles.